The van der Waals surface area contributed by atoms with E-state index in [2.05, 4.69) is 9.88 Å². The summed E-state index contributed by atoms with van der Waals surface area (Å²) in [4.78, 5) is 19.6. The number of carbonyl (C=O) groups is 1. The number of morpholine rings is 1. The minimum absolute atomic E-state index is 0.0869. The zero-order valence-electron chi connectivity index (χ0n) is 12.7. The van der Waals surface area contributed by atoms with E-state index in [0.717, 1.165) is 18.5 Å². The Balaban J connectivity index is 1.71. The zero-order chi connectivity index (χ0) is 15.0. The molecule has 0 radical (unpaired) electrons. The first-order valence-corrected chi connectivity index (χ1v) is 8.12. The minimum atomic E-state index is -0.105. The number of carbonyl (C=O) groups excluding carboxylic acids is 1. The second kappa shape index (κ2) is 5.39. The third-order valence-corrected chi connectivity index (χ3v) is 5.07. The van der Waals surface area contributed by atoms with Crippen molar-refractivity contribution in [2.45, 2.75) is 37.6 Å². The molecule has 3 heterocycles. The minimum Gasteiger partial charge on any atom is -0.377 e. The summed E-state index contributed by atoms with van der Waals surface area (Å²) in [6, 6.07) is 5.79. The Morgan fingerprint density at radius 2 is 2.09 bits per heavy atom. The lowest BCUT2D eigenvalue weighted by Gasteiger charge is -2.49. The van der Waals surface area contributed by atoms with Gasteiger partial charge in [0, 0.05) is 12.7 Å². The number of hydrogen-bond acceptors (Lipinski definition) is 3. The lowest BCUT2D eigenvalue weighted by atomic mass is 9.80. The van der Waals surface area contributed by atoms with Gasteiger partial charge in [-0.2, -0.15) is 0 Å². The third kappa shape index (κ3) is 2.11. The normalized spacial score (nSPS) is 21.4. The van der Waals surface area contributed by atoms with Crippen LogP contribution in [0.4, 0.5) is 0 Å². The fourth-order valence-corrected chi connectivity index (χ4v) is 3.90. The Labute approximate surface area is 129 Å². The Hall–Kier alpha value is -1.88. The molecular weight excluding hydrogens is 278 g/mol. The van der Waals surface area contributed by atoms with E-state index < -0.39 is 0 Å². The SMILES string of the molecule is O=C(c1cnc2ccccn12)N1CCOCC12CCCCC2. The van der Waals surface area contributed by atoms with Gasteiger partial charge >= 0.3 is 0 Å². The molecule has 0 aromatic carbocycles. The van der Waals surface area contributed by atoms with Crippen LogP contribution in [0, 0.1) is 0 Å². The summed E-state index contributed by atoms with van der Waals surface area (Å²) in [7, 11) is 0. The molecule has 2 aromatic rings. The maximum atomic E-state index is 13.2. The first kappa shape index (κ1) is 13.8. The molecule has 0 unspecified atom stereocenters. The van der Waals surface area contributed by atoms with E-state index in [1.165, 1.54) is 19.3 Å². The van der Waals surface area contributed by atoms with Crippen molar-refractivity contribution < 1.29 is 9.53 Å². The molecule has 22 heavy (non-hydrogen) atoms. The molecule has 2 aromatic heterocycles. The molecule has 1 amide bonds. The molecule has 4 rings (SSSR count). The molecule has 0 N–H and O–H groups in total. The number of amides is 1. The number of nitrogens with zero attached hydrogens (tertiary/aromatic N) is 3. The van der Waals surface area contributed by atoms with Gasteiger partial charge in [0.25, 0.3) is 5.91 Å². The highest BCUT2D eigenvalue weighted by Gasteiger charge is 2.43. The van der Waals surface area contributed by atoms with Crippen LogP contribution in [0.1, 0.15) is 42.6 Å². The quantitative estimate of drug-likeness (QED) is 0.813. The van der Waals surface area contributed by atoms with Crippen molar-refractivity contribution in [3.05, 3.63) is 36.3 Å². The van der Waals surface area contributed by atoms with Crippen LogP contribution < -0.4 is 0 Å². The Kier molecular flexibility index (Phi) is 3.37. The first-order valence-electron chi connectivity index (χ1n) is 8.12. The van der Waals surface area contributed by atoms with E-state index in [1.807, 2.05) is 28.8 Å². The number of imidazole rings is 1. The fraction of sp³-hybridized carbons (Fsp3) is 0.529. The summed E-state index contributed by atoms with van der Waals surface area (Å²) >= 11 is 0. The Morgan fingerprint density at radius 1 is 1.23 bits per heavy atom. The molecule has 116 valence electrons. The predicted octanol–water partition coefficient (Wildman–Crippen LogP) is 2.51. The lowest BCUT2D eigenvalue weighted by molar-refractivity contribution is -0.0684. The molecule has 5 heteroatoms. The number of hydrogen-bond donors (Lipinski definition) is 0. The van der Waals surface area contributed by atoms with Crippen molar-refractivity contribution in [3.8, 4) is 0 Å². The monoisotopic (exact) mass is 299 g/mol. The summed E-state index contributed by atoms with van der Waals surface area (Å²) in [5.41, 5.74) is 1.37. The van der Waals surface area contributed by atoms with Gasteiger partial charge in [-0.1, -0.05) is 25.3 Å². The Morgan fingerprint density at radius 3 is 2.95 bits per heavy atom. The first-order chi connectivity index (χ1) is 10.8. The molecule has 2 fully saturated rings. The summed E-state index contributed by atoms with van der Waals surface area (Å²) in [6.07, 6.45) is 9.33. The van der Waals surface area contributed by atoms with Crippen LogP contribution in [0.15, 0.2) is 30.6 Å². The van der Waals surface area contributed by atoms with Crippen LogP contribution in [0.25, 0.3) is 5.65 Å². The molecular formula is C17H21N3O2. The zero-order valence-corrected chi connectivity index (χ0v) is 12.7. The van der Waals surface area contributed by atoms with E-state index in [4.69, 9.17) is 4.74 Å². The van der Waals surface area contributed by atoms with Crippen LogP contribution in [0.3, 0.4) is 0 Å². The number of ether oxygens (including phenoxy) is 1. The molecule has 2 aliphatic rings. The van der Waals surface area contributed by atoms with Gasteiger partial charge in [-0.15, -0.1) is 0 Å². The highest BCUT2D eigenvalue weighted by molar-refractivity contribution is 5.94. The fourth-order valence-electron chi connectivity index (χ4n) is 3.90. The van der Waals surface area contributed by atoms with E-state index >= 15 is 0 Å². The van der Waals surface area contributed by atoms with Crippen LogP contribution in [-0.4, -0.2) is 45.5 Å². The van der Waals surface area contributed by atoms with Gasteiger partial charge in [0.2, 0.25) is 0 Å². The average Bonchev–Trinajstić information content (AvgIpc) is 2.99. The number of fused-ring (bicyclic) bond motifs is 1. The third-order valence-electron chi connectivity index (χ3n) is 5.07. The van der Waals surface area contributed by atoms with Crippen LogP contribution in [-0.2, 0) is 4.74 Å². The van der Waals surface area contributed by atoms with Gasteiger partial charge in [0.1, 0.15) is 11.3 Å². The van der Waals surface area contributed by atoms with Crippen molar-refractivity contribution in [1.29, 1.82) is 0 Å². The van der Waals surface area contributed by atoms with Crippen molar-refractivity contribution >= 4 is 11.6 Å². The summed E-state index contributed by atoms with van der Waals surface area (Å²) < 4.78 is 7.61. The topological polar surface area (TPSA) is 46.8 Å². The molecule has 5 nitrogen and oxygen atoms in total. The number of pyridine rings is 1. The maximum Gasteiger partial charge on any atom is 0.273 e. The van der Waals surface area contributed by atoms with E-state index in [-0.39, 0.29) is 11.4 Å². The largest absolute Gasteiger partial charge is 0.377 e. The van der Waals surface area contributed by atoms with Crippen LogP contribution in [0.5, 0.6) is 0 Å². The number of rotatable bonds is 1. The van der Waals surface area contributed by atoms with Gasteiger partial charge in [-0.05, 0) is 25.0 Å². The molecule has 1 spiro atoms. The van der Waals surface area contributed by atoms with Gasteiger partial charge in [0.05, 0.1) is 24.9 Å². The summed E-state index contributed by atoms with van der Waals surface area (Å²) in [5.74, 6) is 0.0869. The van der Waals surface area contributed by atoms with Gasteiger partial charge < -0.3 is 9.64 Å². The van der Waals surface area contributed by atoms with Crippen molar-refractivity contribution in [1.82, 2.24) is 14.3 Å². The molecule has 1 aliphatic carbocycles. The van der Waals surface area contributed by atoms with Gasteiger partial charge in [-0.3, -0.25) is 9.20 Å². The van der Waals surface area contributed by atoms with Crippen molar-refractivity contribution in [2.75, 3.05) is 19.8 Å². The van der Waals surface area contributed by atoms with Crippen molar-refractivity contribution in [2.24, 2.45) is 0 Å². The Bertz CT molecular complexity index is 680. The van der Waals surface area contributed by atoms with Crippen LogP contribution >= 0.6 is 0 Å². The standard InChI is InChI=1S/C17H21N3O2/c21-16(14-12-18-15-6-2-5-9-19(14)15)20-10-11-22-13-17(20)7-3-1-4-8-17/h2,5-6,9,12H,1,3-4,7-8,10-11,13H2. The highest BCUT2D eigenvalue weighted by Crippen LogP contribution is 2.36. The summed E-state index contributed by atoms with van der Waals surface area (Å²) in [6.45, 7) is 1.98. The van der Waals surface area contributed by atoms with Gasteiger partial charge in [-0.25, -0.2) is 4.98 Å². The molecule has 1 aliphatic heterocycles. The number of aromatic nitrogens is 2. The second-order valence-electron chi connectivity index (χ2n) is 6.37. The molecule has 1 saturated carbocycles. The summed E-state index contributed by atoms with van der Waals surface area (Å²) in [5, 5.41) is 0. The van der Waals surface area contributed by atoms with E-state index in [1.54, 1.807) is 6.20 Å². The average molecular weight is 299 g/mol. The molecule has 0 atom stereocenters. The van der Waals surface area contributed by atoms with Crippen LogP contribution in [0.2, 0.25) is 0 Å². The predicted molar refractivity (Wildman–Crippen MR) is 82.9 cm³/mol. The maximum absolute atomic E-state index is 13.2. The molecule has 0 bridgehead atoms. The van der Waals surface area contributed by atoms with Crippen molar-refractivity contribution in [3.63, 3.8) is 0 Å². The molecule has 1 saturated heterocycles. The highest BCUT2D eigenvalue weighted by atomic mass is 16.5. The second-order valence-corrected chi connectivity index (χ2v) is 6.37. The van der Waals surface area contributed by atoms with E-state index in [0.29, 0.717) is 25.5 Å². The van der Waals surface area contributed by atoms with E-state index in [9.17, 15) is 4.79 Å². The lowest BCUT2D eigenvalue weighted by Crippen LogP contribution is -2.60. The van der Waals surface area contributed by atoms with Gasteiger partial charge in [0.15, 0.2) is 0 Å². The smallest absolute Gasteiger partial charge is 0.273 e.